The average molecular weight is 562 g/mol. The molecule has 1 aliphatic rings. The molecule has 1 aliphatic heterocycles. The second kappa shape index (κ2) is 11.2. The largest absolute Gasteiger partial charge is 0.493 e. The zero-order valence-corrected chi connectivity index (χ0v) is 23.5. The van der Waals surface area contributed by atoms with Gasteiger partial charge in [-0.1, -0.05) is 43.7 Å². The first kappa shape index (κ1) is 27.5. The molecule has 0 atom stereocenters. The van der Waals surface area contributed by atoms with Crippen LogP contribution in [0, 0.1) is 0 Å². The lowest BCUT2D eigenvalue weighted by molar-refractivity contribution is -0.116. The molecule has 0 bridgehead atoms. The molecule has 0 aliphatic carbocycles. The predicted octanol–water partition coefficient (Wildman–Crippen LogP) is 3.72. The lowest BCUT2D eigenvalue weighted by Crippen LogP contribution is -2.40. The number of carbonyl (C=O) groups excluding carboxylic acids is 1. The van der Waals surface area contributed by atoms with Crippen LogP contribution in [0.5, 0.6) is 5.75 Å². The lowest BCUT2D eigenvalue weighted by Gasteiger charge is -2.27. The zero-order valence-electron chi connectivity index (χ0n) is 22.7. The molecule has 11 heteroatoms. The summed E-state index contributed by atoms with van der Waals surface area (Å²) in [5.74, 6) is 0.516. The van der Waals surface area contributed by atoms with Crippen molar-refractivity contribution in [3.8, 4) is 17.1 Å². The number of benzene rings is 2. The Hall–Kier alpha value is -4.09. The van der Waals surface area contributed by atoms with Crippen LogP contribution in [-0.2, 0) is 28.3 Å². The van der Waals surface area contributed by atoms with E-state index in [0.717, 1.165) is 12.0 Å². The number of rotatable bonds is 8. The van der Waals surface area contributed by atoms with E-state index in [1.807, 2.05) is 44.2 Å². The number of nitrogens with one attached hydrogen (secondary N) is 1. The van der Waals surface area contributed by atoms with Crippen molar-refractivity contribution in [1.29, 1.82) is 0 Å². The fraction of sp³-hybridized carbons (Fsp3) is 0.310. The van der Waals surface area contributed by atoms with Gasteiger partial charge in [0.25, 0.3) is 5.56 Å². The number of ether oxygens (including phenoxy) is 1. The molecule has 3 heterocycles. The van der Waals surface area contributed by atoms with E-state index in [4.69, 9.17) is 9.72 Å². The molecule has 10 nitrogen and oxygen atoms in total. The first-order valence-electron chi connectivity index (χ1n) is 13.2. The van der Waals surface area contributed by atoms with Crippen molar-refractivity contribution in [1.82, 2.24) is 24.1 Å². The molecule has 1 fully saturated rings. The van der Waals surface area contributed by atoms with Gasteiger partial charge in [-0.05, 0) is 43.2 Å². The van der Waals surface area contributed by atoms with E-state index in [0.29, 0.717) is 46.6 Å². The molecule has 0 unspecified atom stereocenters. The number of piperidine rings is 1. The topological polar surface area (TPSA) is 127 Å². The van der Waals surface area contributed by atoms with Crippen LogP contribution in [0.4, 0.5) is 0 Å². The molecule has 0 saturated carbocycles. The SMILES string of the molecule is CCCc1nn(C)c2c(=O)[nH]c(-c3cc(S(=O)(=O)N4CCC(=O)/C(=C/c5ccccc5)C4)ccc3OCC)nc12. The molecular weight excluding hydrogens is 530 g/mol. The van der Waals surface area contributed by atoms with Crippen LogP contribution < -0.4 is 10.3 Å². The normalized spacial score (nSPS) is 15.7. The van der Waals surface area contributed by atoms with Crippen molar-refractivity contribution in [3.05, 3.63) is 75.7 Å². The van der Waals surface area contributed by atoms with Gasteiger partial charge in [0.2, 0.25) is 10.0 Å². The Morgan fingerprint density at radius 1 is 1.10 bits per heavy atom. The van der Waals surface area contributed by atoms with E-state index in [9.17, 15) is 18.0 Å². The van der Waals surface area contributed by atoms with Gasteiger partial charge in [-0.15, -0.1) is 0 Å². The van der Waals surface area contributed by atoms with Crippen molar-refractivity contribution in [2.75, 3.05) is 19.7 Å². The first-order valence-corrected chi connectivity index (χ1v) is 14.7. The minimum Gasteiger partial charge on any atom is -0.493 e. The van der Waals surface area contributed by atoms with Crippen molar-refractivity contribution >= 4 is 32.9 Å². The molecular formula is C29H31N5O5S. The van der Waals surface area contributed by atoms with Crippen molar-refractivity contribution < 1.29 is 17.9 Å². The van der Waals surface area contributed by atoms with Crippen LogP contribution in [0.2, 0.25) is 0 Å². The Morgan fingerprint density at radius 3 is 2.60 bits per heavy atom. The van der Waals surface area contributed by atoms with Crippen LogP contribution in [0.1, 0.15) is 37.9 Å². The predicted molar refractivity (Wildman–Crippen MR) is 153 cm³/mol. The number of carbonyl (C=O) groups is 1. The molecule has 5 rings (SSSR count). The molecule has 1 saturated heterocycles. The highest BCUT2D eigenvalue weighted by Gasteiger charge is 2.32. The minimum absolute atomic E-state index is 0.0158. The number of Topliss-reactive ketones (excluding diaryl/α,β-unsaturated/α-hetero) is 1. The maximum absolute atomic E-state index is 13.8. The molecule has 2 aromatic heterocycles. The Labute approximate surface area is 232 Å². The summed E-state index contributed by atoms with van der Waals surface area (Å²) in [6, 6.07) is 13.9. The van der Waals surface area contributed by atoms with Crippen molar-refractivity contribution in [2.45, 2.75) is 38.0 Å². The molecule has 4 aromatic rings. The van der Waals surface area contributed by atoms with Gasteiger partial charge in [0.05, 0.1) is 22.8 Å². The number of aromatic nitrogens is 4. The maximum atomic E-state index is 13.8. The van der Waals surface area contributed by atoms with Gasteiger partial charge in [0.15, 0.2) is 11.3 Å². The lowest BCUT2D eigenvalue weighted by atomic mass is 10.0. The molecule has 208 valence electrons. The van der Waals surface area contributed by atoms with E-state index in [1.165, 1.54) is 21.1 Å². The van der Waals surface area contributed by atoms with Gasteiger partial charge in [-0.3, -0.25) is 14.3 Å². The van der Waals surface area contributed by atoms with Crippen molar-refractivity contribution in [3.63, 3.8) is 0 Å². The van der Waals surface area contributed by atoms with Crippen LogP contribution in [-0.4, -0.2) is 58.0 Å². The number of nitrogens with zero attached hydrogens (tertiary/aromatic N) is 4. The second-order valence-electron chi connectivity index (χ2n) is 9.62. The van der Waals surface area contributed by atoms with Crippen molar-refractivity contribution in [2.24, 2.45) is 7.05 Å². The number of sulfonamides is 1. The molecule has 2 aromatic carbocycles. The molecule has 0 spiro atoms. The Balaban J connectivity index is 1.57. The highest BCUT2D eigenvalue weighted by Crippen LogP contribution is 2.33. The van der Waals surface area contributed by atoms with E-state index in [2.05, 4.69) is 10.1 Å². The molecule has 0 amide bonds. The van der Waals surface area contributed by atoms with E-state index < -0.39 is 10.0 Å². The molecule has 40 heavy (non-hydrogen) atoms. The summed E-state index contributed by atoms with van der Waals surface area (Å²) in [6.45, 7) is 4.22. The average Bonchev–Trinajstić information content (AvgIpc) is 3.26. The van der Waals surface area contributed by atoms with Crippen LogP contribution in [0.3, 0.4) is 0 Å². The van der Waals surface area contributed by atoms with Crippen LogP contribution in [0.15, 0.2) is 63.8 Å². The summed E-state index contributed by atoms with van der Waals surface area (Å²) in [4.78, 5) is 33.2. The summed E-state index contributed by atoms with van der Waals surface area (Å²) in [5, 5.41) is 4.46. The number of hydrogen-bond acceptors (Lipinski definition) is 7. The molecule has 0 radical (unpaired) electrons. The van der Waals surface area contributed by atoms with E-state index in [1.54, 1.807) is 19.2 Å². The number of fused-ring (bicyclic) bond motifs is 1. The fourth-order valence-electron chi connectivity index (χ4n) is 4.89. The molecule has 1 N–H and O–H groups in total. The third-order valence-corrected chi connectivity index (χ3v) is 8.67. The van der Waals surface area contributed by atoms with Gasteiger partial charge in [-0.2, -0.15) is 9.40 Å². The number of aromatic amines is 1. The highest BCUT2D eigenvalue weighted by molar-refractivity contribution is 7.89. The maximum Gasteiger partial charge on any atom is 0.277 e. The van der Waals surface area contributed by atoms with E-state index >= 15 is 0 Å². The van der Waals surface area contributed by atoms with Gasteiger partial charge in [0.1, 0.15) is 17.1 Å². The smallest absolute Gasteiger partial charge is 0.277 e. The summed E-state index contributed by atoms with van der Waals surface area (Å²) >= 11 is 0. The number of ketones is 1. The summed E-state index contributed by atoms with van der Waals surface area (Å²) in [7, 11) is -2.29. The summed E-state index contributed by atoms with van der Waals surface area (Å²) < 4.78 is 36.2. The third kappa shape index (κ3) is 5.22. The van der Waals surface area contributed by atoms with E-state index in [-0.39, 0.29) is 41.6 Å². The Morgan fingerprint density at radius 2 is 1.88 bits per heavy atom. The summed E-state index contributed by atoms with van der Waals surface area (Å²) in [6.07, 6.45) is 3.30. The monoisotopic (exact) mass is 561 g/mol. The summed E-state index contributed by atoms with van der Waals surface area (Å²) in [5.41, 5.74) is 2.76. The van der Waals surface area contributed by atoms with Gasteiger partial charge in [-0.25, -0.2) is 13.4 Å². The zero-order chi connectivity index (χ0) is 28.4. The Kier molecular flexibility index (Phi) is 7.68. The highest BCUT2D eigenvalue weighted by atomic mass is 32.2. The van der Waals surface area contributed by atoms with Crippen LogP contribution >= 0.6 is 0 Å². The quantitative estimate of drug-likeness (QED) is 0.325. The number of hydrogen-bond donors (Lipinski definition) is 1. The minimum atomic E-state index is -3.99. The second-order valence-corrected chi connectivity index (χ2v) is 11.6. The fourth-order valence-corrected chi connectivity index (χ4v) is 6.34. The Bertz CT molecular complexity index is 1770. The number of H-pyrrole nitrogens is 1. The van der Waals surface area contributed by atoms with Gasteiger partial charge in [0, 0.05) is 32.1 Å². The standard InChI is InChI=1S/C29H31N5O5S/c1-4-9-23-26-27(33(3)32-23)29(36)31-28(30-26)22-17-21(12-13-25(22)39-5-2)40(37,38)34-15-14-24(35)20(18-34)16-19-10-7-6-8-11-19/h6-8,10-13,16-17H,4-5,9,14-15,18H2,1-3H3,(H,30,31,36)/b20-16+. The van der Waals surface area contributed by atoms with Gasteiger partial charge >= 0.3 is 0 Å². The number of aryl methyl sites for hydroxylation is 2. The van der Waals surface area contributed by atoms with Crippen LogP contribution in [0.25, 0.3) is 28.5 Å². The van der Waals surface area contributed by atoms with Gasteiger partial charge < -0.3 is 9.72 Å². The third-order valence-electron chi connectivity index (χ3n) is 6.83. The first-order chi connectivity index (χ1) is 19.2.